The van der Waals surface area contributed by atoms with Crippen molar-refractivity contribution in [2.45, 2.75) is 66.7 Å². The Morgan fingerprint density at radius 2 is 1.38 bits per heavy atom. The molecule has 0 unspecified atom stereocenters. The Bertz CT molecular complexity index is 200. The van der Waals surface area contributed by atoms with Gasteiger partial charge in [-0.2, -0.15) is 0 Å². The van der Waals surface area contributed by atoms with E-state index in [0.717, 1.165) is 0 Å². The maximum absolute atomic E-state index is 2.80. The summed E-state index contributed by atoms with van der Waals surface area (Å²) in [7, 11) is 0. The van der Waals surface area contributed by atoms with Gasteiger partial charge >= 0.3 is 110 Å². The van der Waals surface area contributed by atoms with Crippen LogP contribution in [0.5, 0.6) is 0 Å². The predicted molar refractivity (Wildman–Crippen MR) is 72.1 cm³/mol. The summed E-state index contributed by atoms with van der Waals surface area (Å²) in [6.07, 6.45) is 0.662. The number of hydrogen-bond donors (Lipinski definition) is 0. The summed E-state index contributed by atoms with van der Waals surface area (Å²) < 4.78 is 8.34. The molecule has 0 aromatic carbocycles. The van der Waals surface area contributed by atoms with Crippen molar-refractivity contribution in [3.05, 3.63) is 0 Å². The van der Waals surface area contributed by atoms with E-state index < -0.39 is 20.6 Å². The third-order valence-corrected chi connectivity index (χ3v) is 14.6. The topological polar surface area (TPSA) is 9.72 Å². The number of nitrogens with zero attached hydrogens (tertiary/aromatic N) is 3. The van der Waals surface area contributed by atoms with Crippen molar-refractivity contribution in [1.29, 1.82) is 0 Å². The summed E-state index contributed by atoms with van der Waals surface area (Å²) in [5, 5.41) is 0. The standard InChI is InChI=1S/C8H18N2.C4H10N.Sn/c1-6(2)9-8(5)10-7(3)4;1-3-5-4-2;/h6-8H,1-5H3;3-4H2,1-2H3;/q-2;-1;+3. The van der Waals surface area contributed by atoms with Crippen molar-refractivity contribution >= 4 is 20.6 Å². The van der Waals surface area contributed by atoms with E-state index in [9.17, 15) is 0 Å². The Balaban J connectivity index is 2.81. The molecule has 1 fully saturated rings. The molecule has 1 aliphatic heterocycles. The van der Waals surface area contributed by atoms with E-state index in [-0.39, 0.29) is 0 Å². The molecular formula is C12H28N3Sn. The molecule has 1 rings (SSSR count). The SMILES string of the molecule is CC[N](CC)[Sn]1[N](C(C)C)C(C)[N]1C(C)C. The minimum absolute atomic E-state index is 0.662. The van der Waals surface area contributed by atoms with Crippen LogP contribution in [0.25, 0.3) is 0 Å². The fraction of sp³-hybridized carbons (Fsp3) is 1.00. The molecule has 16 heavy (non-hydrogen) atoms. The van der Waals surface area contributed by atoms with Crippen LogP contribution in [0.2, 0.25) is 0 Å². The fourth-order valence-electron chi connectivity index (χ4n) is 2.70. The van der Waals surface area contributed by atoms with Gasteiger partial charge in [0.2, 0.25) is 0 Å². The molecule has 1 saturated heterocycles. The zero-order chi connectivity index (χ0) is 12.5. The molecule has 0 aromatic rings. The predicted octanol–water partition coefficient (Wildman–Crippen LogP) is 2.09. The fourth-order valence-corrected chi connectivity index (χ4v) is 11.7. The summed E-state index contributed by atoms with van der Waals surface area (Å²) in [5.74, 6) is 0. The molecule has 0 spiro atoms. The normalized spacial score (nSPS) is 21.4. The van der Waals surface area contributed by atoms with E-state index in [4.69, 9.17) is 0 Å². The van der Waals surface area contributed by atoms with Crippen molar-refractivity contribution in [3.63, 3.8) is 0 Å². The monoisotopic (exact) mass is 334 g/mol. The molecule has 0 bridgehead atoms. The Hall–Kier alpha value is 0.679. The molecule has 1 radical (unpaired) electrons. The Kier molecular flexibility index (Phi) is 5.55. The second-order valence-corrected chi connectivity index (χ2v) is 11.6. The molecule has 0 saturated carbocycles. The average molecular weight is 333 g/mol. The van der Waals surface area contributed by atoms with Gasteiger partial charge in [0.25, 0.3) is 0 Å². The van der Waals surface area contributed by atoms with Crippen LogP contribution in [0.1, 0.15) is 48.5 Å². The van der Waals surface area contributed by atoms with Gasteiger partial charge in [-0.1, -0.05) is 0 Å². The molecule has 0 aromatic heterocycles. The molecule has 3 nitrogen and oxygen atoms in total. The first-order valence-corrected chi connectivity index (χ1v) is 10.5. The zero-order valence-corrected chi connectivity index (χ0v) is 14.8. The average Bonchev–Trinajstić information content (AvgIpc) is 2.16. The van der Waals surface area contributed by atoms with Gasteiger partial charge in [-0.25, -0.2) is 0 Å². The van der Waals surface area contributed by atoms with Gasteiger partial charge in [0.1, 0.15) is 0 Å². The van der Waals surface area contributed by atoms with Gasteiger partial charge in [0.05, 0.1) is 0 Å². The summed E-state index contributed by atoms with van der Waals surface area (Å²) in [6, 6.07) is 1.42. The van der Waals surface area contributed by atoms with Crippen LogP contribution in [-0.4, -0.2) is 61.3 Å². The van der Waals surface area contributed by atoms with Crippen molar-refractivity contribution in [2.75, 3.05) is 13.1 Å². The molecule has 0 atom stereocenters. The first kappa shape index (κ1) is 14.7. The van der Waals surface area contributed by atoms with Crippen molar-refractivity contribution in [2.24, 2.45) is 0 Å². The Morgan fingerprint density at radius 1 is 1.00 bits per heavy atom. The number of hydrogen-bond acceptors (Lipinski definition) is 3. The van der Waals surface area contributed by atoms with E-state index in [1.807, 2.05) is 0 Å². The van der Waals surface area contributed by atoms with Gasteiger partial charge in [-0.3, -0.25) is 0 Å². The minimum atomic E-state index is -1.65. The van der Waals surface area contributed by atoms with Crippen molar-refractivity contribution in [3.8, 4) is 0 Å². The van der Waals surface area contributed by atoms with Gasteiger partial charge in [0, 0.05) is 0 Å². The van der Waals surface area contributed by atoms with E-state index in [1.165, 1.54) is 13.1 Å². The third-order valence-electron chi connectivity index (χ3n) is 3.43. The van der Waals surface area contributed by atoms with E-state index >= 15 is 0 Å². The summed E-state index contributed by atoms with van der Waals surface area (Å²) in [4.78, 5) is 0. The third kappa shape index (κ3) is 2.57. The number of rotatable bonds is 5. The molecule has 95 valence electrons. The van der Waals surface area contributed by atoms with Crippen LogP contribution in [-0.2, 0) is 0 Å². The van der Waals surface area contributed by atoms with Crippen LogP contribution in [0.4, 0.5) is 0 Å². The van der Waals surface area contributed by atoms with E-state index in [2.05, 4.69) is 57.8 Å². The van der Waals surface area contributed by atoms with E-state index in [1.54, 1.807) is 0 Å². The summed E-state index contributed by atoms with van der Waals surface area (Å²) >= 11 is -1.65. The van der Waals surface area contributed by atoms with E-state index in [0.29, 0.717) is 18.2 Å². The van der Waals surface area contributed by atoms with Crippen LogP contribution < -0.4 is 0 Å². The second kappa shape index (κ2) is 6.03. The van der Waals surface area contributed by atoms with Crippen LogP contribution >= 0.6 is 0 Å². The summed E-state index contributed by atoms with van der Waals surface area (Å²) in [5.41, 5.74) is 0. The molecule has 0 amide bonds. The van der Waals surface area contributed by atoms with Gasteiger partial charge in [-0.05, 0) is 0 Å². The summed E-state index contributed by atoms with van der Waals surface area (Å²) in [6.45, 7) is 18.8. The van der Waals surface area contributed by atoms with Crippen LogP contribution in [0.15, 0.2) is 0 Å². The molecule has 0 aliphatic carbocycles. The van der Waals surface area contributed by atoms with Crippen LogP contribution in [0, 0.1) is 0 Å². The van der Waals surface area contributed by atoms with Gasteiger partial charge in [0.15, 0.2) is 0 Å². The molecule has 1 aliphatic rings. The van der Waals surface area contributed by atoms with Gasteiger partial charge in [-0.15, -0.1) is 0 Å². The molecule has 4 heteroatoms. The maximum atomic E-state index is 2.80. The first-order valence-electron chi connectivity index (χ1n) is 6.64. The van der Waals surface area contributed by atoms with Gasteiger partial charge < -0.3 is 0 Å². The van der Waals surface area contributed by atoms with Crippen molar-refractivity contribution in [1.82, 2.24) is 9.36 Å². The quantitative estimate of drug-likeness (QED) is 0.714. The molecular weight excluding hydrogens is 305 g/mol. The Morgan fingerprint density at radius 3 is 1.62 bits per heavy atom. The Labute approximate surface area is 110 Å². The van der Waals surface area contributed by atoms with Crippen LogP contribution in [0.3, 0.4) is 0 Å². The van der Waals surface area contributed by atoms with Crippen molar-refractivity contribution < 1.29 is 0 Å². The second-order valence-electron chi connectivity index (χ2n) is 5.11. The zero-order valence-electron chi connectivity index (χ0n) is 12.0. The molecule has 0 N–H and O–H groups in total. The first-order chi connectivity index (χ1) is 7.45. The molecule has 1 heterocycles.